The fourth-order valence-corrected chi connectivity index (χ4v) is 0.809. The third kappa shape index (κ3) is 7.03. The monoisotopic (exact) mass is 158 g/mol. The van der Waals surface area contributed by atoms with Gasteiger partial charge < -0.3 is 4.74 Å². The lowest BCUT2D eigenvalue weighted by atomic mass is 10.2. The Balaban J connectivity index is 3.10. The summed E-state index contributed by atoms with van der Waals surface area (Å²) in [4.78, 5) is 20.2. The molecule has 0 aliphatic heterocycles. The maximum atomic E-state index is 10.6. The Morgan fingerprint density at radius 3 is 2.64 bits per heavy atom. The minimum atomic E-state index is -0.420. The van der Waals surface area contributed by atoms with Gasteiger partial charge in [-0.3, -0.25) is 9.59 Å². The highest BCUT2D eigenvalue weighted by Gasteiger charge is 1.99. The molecule has 0 spiro atoms. The van der Waals surface area contributed by atoms with Crippen molar-refractivity contribution in [1.29, 1.82) is 0 Å². The van der Waals surface area contributed by atoms with Crippen molar-refractivity contribution < 1.29 is 14.3 Å². The van der Waals surface area contributed by atoms with Crippen LogP contribution in [0.4, 0.5) is 0 Å². The van der Waals surface area contributed by atoms with E-state index in [1.807, 2.05) is 0 Å². The predicted molar refractivity (Wildman–Crippen MR) is 40.9 cm³/mol. The SMILES string of the molecule is CCCCCCC(=O)OC=O. The molecule has 0 aromatic rings. The van der Waals surface area contributed by atoms with Gasteiger partial charge in [0.2, 0.25) is 0 Å². The van der Waals surface area contributed by atoms with E-state index in [0.717, 1.165) is 25.7 Å². The molecule has 0 saturated heterocycles. The summed E-state index contributed by atoms with van der Waals surface area (Å²) in [5, 5.41) is 0. The summed E-state index contributed by atoms with van der Waals surface area (Å²) in [6.45, 7) is 2.28. The molecule has 11 heavy (non-hydrogen) atoms. The van der Waals surface area contributed by atoms with Crippen LogP contribution in [-0.2, 0) is 14.3 Å². The molecule has 0 aliphatic rings. The lowest BCUT2D eigenvalue weighted by Crippen LogP contribution is -2.01. The molecule has 0 bridgehead atoms. The number of unbranched alkanes of at least 4 members (excludes halogenated alkanes) is 3. The van der Waals surface area contributed by atoms with E-state index in [4.69, 9.17) is 0 Å². The van der Waals surface area contributed by atoms with Crippen molar-refractivity contribution in [2.75, 3.05) is 0 Å². The number of rotatable bonds is 6. The van der Waals surface area contributed by atoms with Gasteiger partial charge in [0.1, 0.15) is 0 Å². The summed E-state index contributed by atoms with van der Waals surface area (Å²) < 4.78 is 4.10. The van der Waals surface area contributed by atoms with Crippen LogP contribution in [0.3, 0.4) is 0 Å². The molecule has 0 N–H and O–H groups in total. The molecule has 0 aromatic carbocycles. The van der Waals surface area contributed by atoms with Crippen molar-refractivity contribution >= 4 is 12.4 Å². The molecule has 64 valence electrons. The topological polar surface area (TPSA) is 43.4 Å². The van der Waals surface area contributed by atoms with Crippen molar-refractivity contribution in [2.24, 2.45) is 0 Å². The van der Waals surface area contributed by atoms with E-state index in [2.05, 4.69) is 11.7 Å². The van der Waals surface area contributed by atoms with E-state index >= 15 is 0 Å². The van der Waals surface area contributed by atoms with E-state index in [1.54, 1.807) is 0 Å². The normalized spacial score (nSPS) is 9.18. The van der Waals surface area contributed by atoms with Gasteiger partial charge in [-0.25, -0.2) is 0 Å². The van der Waals surface area contributed by atoms with E-state index < -0.39 is 5.97 Å². The zero-order chi connectivity index (χ0) is 8.53. The molecule has 0 amide bonds. The molecule has 0 radical (unpaired) electrons. The van der Waals surface area contributed by atoms with Crippen LogP contribution in [0, 0.1) is 0 Å². The molecule has 0 rings (SSSR count). The minimum Gasteiger partial charge on any atom is -0.395 e. The third-order valence-electron chi connectivity index (χ3n) is 1.41. The standard InChI is InChI=1S/C8H14O3/c1-2-3-4-5-6-8(10)11-7-9/h7H,2-6H2,1H3. The van der Waals surface area contributed by atoms with Gasteiger partial charge in [0.25, 0.3) is 0 Å². The van der Waals surface area contributed by atoms with Gasteiger partial charge in [-0.15, -0.1) is 0 Å². The fraction of sp³-hybridized carbons (Fsp3) is 0.750. The Bertz CT molecular complexity index is 121. The quantitative estimate of drug-likeness (QED) is 0.255. The molecule has 0 unspecified atom stereocenters. The molecule has 0 aliphatic carbocycles. The average Bonchev–Trinajstić information content (AvgIpc) is 1.99. The summed E-state index contributed by atoms with van der Waals surface area (Å²) in [5.41, 5.74) is 0. The van der Waals surface area contributed by atoms with Crippen molar-refractivity contribution in [3.05, 3.63) is 0 Å². The number of hydrogen-bond acceptors (Lipinski definition) is 3. The van der Waals surface area contributed by atoms with Gasteiger partial charge in [-0.1, -0.05) is 26.2 Å². The van der Waals surface area contributed by atoms with Crippen molar-refractivity contribution in [3.8, 4) is 0 Å². The maximum Gasteiger partial charge on any atom is 0.313 e. The first kappa shape index (κ1) is 10.1. The number of carbonyl (C=O) groups excluding carboxylic acids is 2. The van der Waals surface area contributed by atoms with Crippen LogP contribution in [-0.4, -0.2) is 12.4 Å². The van der Waals surface area contributed by atoms with Crippen LogP contribution in [0.2, 0.25) is 0 Å². The molecule has 0 atom stereocenters. The van der Waals surface area contributed by atoms with Crippen molar-refractivity contribution in [3.63, 3.8) is 0 Å². The first-order valence-corrected chi connectivity index (χ1v) is 3.94. The van der Waals surface area contributed by atoms with Gasteiger partial charge >= 0.3 is 12.4 Å². The summed E-state index contributed by atoms with van der Waals surface area (Å²) in [7, 11) is 0. The Morgan fingerprint density at radius 2 is 2.09 bits per heavy atom. The molecule has 0 fully saturated rings. The lowest BCUT2D eigenvalue weighted by molar-refractivity contribution is -0.151. The van der Waals surface area contributed by atoms with Crippen LogP contribution < -0.4 is 0 Å². The summed E-state index contributed by atoms with van der Waals surface area (Å²) in [5.74, 6) is -0.420. The number of carbonyl (C=O) groups is 2. The summed E-state index contributed by atoms with van der Waals surface area (Å²) in [6.07, 6.45) is 4.49. The molecule has 0 saturated carbocycles. The Morgan fingerprint density at radius 1 is 1.36 bits per heavy atom. The Hall–Kier alpha value is -0.860. The highest BCUT2D eigenvalue weighted by atomic mass is 16.6. The van der Waals surface area contributed by atoms with Crippen LogP contribution in [0.5, 0.6) is 0 Å². The van der Waals surface area contributed by atoms with E-state index in [9.17, 15) is 9.59 Å². The maximum absolute atomic E-state index is 10.6. The third-order valence-corrected chi connectivity index (χ3v) is 1.41. The van der Waals surface area contributed by atoms with Crippen LogP contribution in [0.1, 0.15) is 39.0 Å². The van der Waals surface area contributed by atoms with Crippen molar-refractivity contribution in [1.82, 2.24) is 0 Å². The highest BCUT2D eigenvalue weighted by Crippen LogP contribution is 2.02. The molecule has 0 aromatic heterocycles. The second kappa shape index (κ2) is 7.25. The first-order chi connectivity index (χ1) is 5.31. The average molecular weight is 158 g/mol. The molecule has 3 heteroatoms. The first-order valence-electron chi connectivity index (χ1n) is 3.94. The largest absolute Gasteiger partial charge is 0.395 e. The second-order valence-electron chi connectivity index (χ2n) is 2.40. The highest BCUT2D eigenvalue weighted by molar-refractivity contribution is 5.76. The second-order valence-corrected chi connectivity index (χ2v) is 2.40. The molecular formula is C8H14O3. The lowest BCUT2D eigenvalue weighted by Gasteiger charge is -1.96. The Labute approximate surface area is 66.7 Å². The van der Waals surface area contributed by atoms with E-state index in [1.165, 1.54) is 0 Å². The number of ether oxygens (including phenoxy) is 1. The molecular weight excluding hydrogens is 144 g/mol. The summed E-state index contributed by atoms with van der Waals surface area (Å²) >= 11 is 0. The van der Waals surface area contributed by atoms with E-state index in [-0.39, 0.29) is 6.47 Å². The zero-order valence-electron chi connectivity index (χ0n) is 6.84. The van der Waals surface area contributed by atoms with Crippen LogP contribution in [0.25, 0.3) is 0 Å². The predicted octanol–water partition coefficient (Wildman–Crippen LogP) is 1.66. The smallest absolute Gasteiger partial charge is 0.313 e. The van der Waals surface area contributed by atoms with Crippen molar-refractivity contribution in [2.45, 2.75) is 39.0 Å². The van der Waals surface area contributed by atoms with E-state index in [0.29, 0.717) is 6.42 Å². The van der Waals surface area contributed by atoms with Crippen LogP contribution >= 0.6 is 0 Å². The van der Waals surface area contributed by atoms with Gasteiger partial charge in [0.15, 0.2) is 0 Å². The van der Waals surface area contributed by atoms with Gasteiger partial charge in [0, 0.05) is 6.42 Å². The number of esters is 1. The zero-order valence-corrected chi connectivity index (χ0v) is 6.84. The number of hydrogen-bond donors (Lipinski definition) is 0. The summed E-state index contributed by atoms with van der Waals surface area (Å²) in [6, 6.07) is 0. The molecule has 3 nitrogen and oxygen atoms in total. The van der Waals surface area contributed by atoms with Gasteiger partial charge in [-0.2, -0.15) is 0 Å². The minimum absolute atomic E-state index is 0.183. The van der Waals surface area contributed by atoms with Gasteiger partial charge in [0.05, 0.1) is 0 Å². The fourth-order valence-electron chi connectivity index (χ4n) is 0.809. The Kier molecular flexibility index (Phi) is 6.68. The van der Waals surface area contributed by atoms with Crippen LogP contribution in [0.15, 0.2) is 0 Å². The van der Waals surface area contributed by atoms with Gasteiger partial charge in [-0.05, 0) is 6.42 Å². The molecule has 0 heterocycles.